The number of carboxylic acid groups (broad SMARTS) is 1. The standard InChI is InChI=1S/C23H24N2O5S/c1-3-4-7-15-10-12-16(13-11-15)25-21(27)19(31-23(25)30)14-20(26)24(2)18-9-6-5-8-17(18)22(28)29/h5-6,8-13,19H,3-4,7,14H2,1-2H3,(H,28,29). The minimum absolute atomic E-state index is 0.00961. The first-order valence-corrected chi connectivity index (χ1v) is 10.9. The molecule has 0 bridgehead atoms. The summed E-state index contributed by atoms with van der Waals surface area (Å²) in [5.41, 5.74) is 1.86. The van der Waals surface area contributed by atoms with Gasteiger partial charge in [0.2, 0.25) is 11.8 Å². The van der Waals surface area contributed by atoms with Crippen LogP contribution < -0.4 is 9.80 Å². The molecule has 0 radical (unpaired) electrons. The Labute approximate surface area is 185 Å². The number of hydrogen-bond acceptors (Lipinski definition) is 5. The molecule has 162 valence electrons. The zero-order valence-electron chi connectivity index (χ0n) is 17.4. The van der Waals surface area contributed by atoms with Gasteiger partial charge in [0, 0.05) is 13.5 Å². The molecule has 1 saturated heterocycles. The number of thioether (sulfide) groups is 1. The van der Waals surface area contributed by atoms with E-state index in [1.165, 1.54) is 24.1 Å². The number of hydrogen-bond donors (Lipinski definition) is 1. The maximum absolute atomic E-state index is 12.9. The van der Waals surface area contributed by atoms with E-state index in [9.17, 15) is 24.3 Å². The Morgan fingerprint density at radius 2 is 1.77 bits per heavy atom. The Hall–Kier alpha value is -3.13. The first-order valence-electron chi connectivity index (χ1n) is 10.1. The monoisotopic (exact) mass is 440 g/mol. The van der Waals surface area contributed by atoms with E-state index >= 15 is 0 Å². The van der Waals surface area contributed by atoms with E-state index < -0.39 is 28.3 Å². The van der Waals surface area contributed by atoms with E-state index in [4.69, 9.17) is 0 Å². The number of carbonyl (C=O) groups is 4. The van der Waals surface area contributed by atoms with Crippen LogP contribution in [0.5, 0.6) is 0 Å². The Kier molecular flexibility index (Phi) is 7.12. The molecular weight excluding hydrogens is 416 g/mol. The van der Waals surface area contributed by atoms with Gasteiger partial charge in [-0.15, -0.1) is 0 Å². The van der Waals surface area contributed by atoms with Crippen LogP contribution in [0.3, 0.4) is 0 Å². The van der Waals surface area contributed by atoms with Crippen LogP contribution in [-0.2, 0) is 16.0 Å². The van der Waals surface area contributed by atoms with Gasteiger partial charge in [0.1, 0.15) is 5.25 Å². The summed E-state index contributed by atoms with van der Waals surface area (Å²) < 4.78 is 0. The third-order valence-corrected chi connectivity index (χ3v) is 6.20. The second-order valence-electron chi connectivity index (χ2n) is 7.30. The molecule has 31 heavy (non-hydrogen) atoms. The summed E-state index contributed by atoms with van der Waals surface area (Å²) >= 11 is 0.820. The molecule has 0 spiro atoms. The van der Waals surface area contributed by atoms with Crippen molar-refractivity contribution in [3.63, 3.8) is 0 Å². The van der Waals surface area contributed by atoms with Gasteiger partial charge in [0.05, 0.1) is 16.9 Å². The van der Waals surface area contributed by atoms with E-state index in [0.29, 0.717) is 5.69 Å². The van der Waals surface area contributed by atoms with Crippen LogP contribution in [0.4, 0.5) is 16.2 Å². The summed E-state index contributed by atoms with van der Waals surface area (Å²) in [5, 5.41) is 8.07. The molecule has 3 rings (SSSR count). The molecule has 7 nitrogen and oxygen atoms in total. The number of benzene rings is 2. The Balaban J connectivity index is 1.71. The lowest BCUT2D eigenvalue weighted by Gasteiger charge is -2.20. The smallest absolute Gasteiger partial charge is 0.337 e. The summed E-state index contributed by atoms with van der Waals surface area (Å²) in [6.07, 6.45) is 2.89. The predicted molar refractivity (Wildman–Crippen MR) is 121 cm³/mol. The van der Waals surface area contributed by atoms with Gasteiger partial charge in [-0.25, -0.2) is 9.69 Å². The fourth-order valence-electron chi connectivity index (χ4n) is 3.39. The quantitative estimate of drug-likeness (QED) is 0.656. The Morgan fingerprint density at radius 3 is 2.42 bits per heavy atom. The van der Waals surface area contributed by atoms with Gasteiger partial charge in [-0.2, -0.15) is 0 Å². The Morgan fingerprint density at radius 1 is 1.10 bits per heavy atom. The fraction of sp³-hybridized carbons (Fsp3) is 0.304. The second kappa shape index (κ2) is 9.78. The Bertz CT molecular complexity index is 1010. The van der Waals surface area contributed by atoms with E-state index in [1.54, 1.807) is 24.3 Å². The first-order chi connectivity index (χ1) is 14.8. The van der Waals surface area contributed by atoms with Gasteiger partial charge < -0.3 is 10.0 Å². The maximum Gasteiger partial charge on any atom is 0.337 e. The highest BCUT2D eigenvalue weighted by Crippen LogP contribution is 2.34. The molecule has 2 aromatic rings. The minimum Gasteiger partial charge on any atom is -0.478 e. The van der Waals surface area contributed by atoms with Crippen molar-refractivity contribution in [2.75, 3.05) is 16.8 Å². The number of unbranched alkanes of at least 4 members (excludes halogenated alkanes) is 1. The number of rotatable bonds is 8. The van der Waals surface area contributed by atoms with Gasteiger partial charge in [-0.3, -0.25) is 14.4 Å². The predicted octanol–water partition coefficient (Wildman–Crippen LogP) is 4.35. The molecule has 0 aromatic heterocycles. The highest BCUT2D eigenvalue weighted by molar-refractivity contribution is 8.15. The van der Waals surface area contributed by atoms with Crippen molar-refractivity contribution in [2.24, 2.45) is 0 Å². The molecule has 1 atom stereocenters. The SMILES string of the molecule is CCCCc1ccc(N2C(=O)SC(CC(=O)N(C)c3ccccc3C(=O)O)C2=O)cc1. The van der Waals surface area contributed by atoms with E-state index in [0.717, 1.165) is 41.5 Å². The van der Waals surface area contributed by atoms with Crippen molar-refractivity contribution >= 4 is 46.2 Å². The zero-order valence-corrected chi connectivity index (χ0v) is 18.2. The highest BCUT2D eigenvalue weighted by atomic mass is 32.2. The molecule has 1 N–H and O–H groups in total. The van der Waals surface area contributed by atoms with Crippen LogP contribution >= 0.6 is 11.8 Å². The number of para-hydroxylation sites is 1. The maximum atomic E-state index is 12.9. The number of anilines is 2. The minimum atomic E-state index is -1.15. The van der Waals surface area contributed by atoms with Gasteiger partial charge in [0.15, 0.2) is 0 Å². The molecule has 1 unspecified atom stereocenters. The van der Waals surface area contributed by atoms with Crippen molar-refractivity contribution in [1.82, 2.24) is 0 Å². The molecule has 1 heterocycles. The van der Waals surface area contributed by atoms with Crippen molar-refractivity contribution in [3.8, 4) is 0 Å². The van der Waals surface area contributed by atoms with Crippen molar-refractivity contribution in [2.45, 2.75) is 37.9 Å². The molecule has 1 aliphatic rings. The van der Waals surface area contributed by atoms with E-state index in [1.807, 2.05) is 12.1 Å². The lowest BCUT2D eigenvalue weighted by molar-refractivity contribution is -0.122. The molecule has 0 aliphatic carbocycles. The zero-order chi connectivity index (χ0) is 22.5. The lowest BCUT2D eigenvalue weighted by atomic mass is 10.1. The number of carbonyl (C=O) groups excluding carboxylic acids is 3. The van der Waals surface area contributed by atoms with Crippen molar-refractivity contribution in [3.05, 3.63) is 59.7 Å². The van der Waals surface area contributed by atoms with Crippen LogP contribution in [-0.4, -0.2) is 40.4 Å². The summed E-state index contributed by atoms with van der Waals surface area (Å²) in [7, 11) is 1.46. The first kappa shape index (κ1) is 22.6. The van der Waals surface area contributed by atoms with Gasteiger partial charge in [0.25, 0.3) is 5.24 Å². The highest BCUT2D eigenvalue weighted by Gasteiger charge is 2.42. The average Bonchev–Trinajstić information content (AvgIpc) is 3.04. The molecule has 1 fully saturated rings. The average molecular weight is 441 g/mol. The van der Waals surface area contributed by atoms with Crippen molar-refractivity contribution in [1.29, 1.82) is 0 Å². The van der Waals surface area contributed by atoms with Gasteiger partial charge in [-0.05, 0) is 54.4 Å². The lowest BCUT2D eigenvalue weighted by Crippen LogP contribution is -2.35. The number of amides is 3. The third kappa shape index (κ3) is 4.96. The topological polar surface area (TPSA) is 95.0 Å². The second-order valence-corrected chi connectivity index (χ2v) is 8.45. The normalized spacial score (nSPS) is 15.9. The van der Waals surface area contributed by atoms with Crippen LogP contribution in [0.2, 0.25) is 0 Å². The molecule has 3 amide bonds. The molecule has 8 heteroatoms. The van der Waals surface area contributed by atoms with Crippen LogP contribution in [0.1, 0.15) is 42.1 Å². The van der Waals surface area contributed by atoms with E-state index in [2.05, 4.69) is 6.92 Å². The summed E-state index contributed by atoms with van der Waals surface area (Å²) in [5.74, 6) is -2.03. The van der Waals surface area contributed by atoms with Gasteiger partial charge in [-0.1, -0.05) is 37.6 Å². The number of aryl methyl sites for hydroxylation is 1. The number of aromatic carboxylic acids is 1. The van der Waals surface area contributed by atoms with Crippen molar-refractivity contribution < 1.29 is 24.3 Å². The van der Waals surface area contributed by atoms with Crippen LogP contribution in [0.25, 0.3) is 0 Å². The number of carboxylic acids is 1. The summed E-state index contributed by atoms with van der Waals surface area (Å²) in [6, 6.07) is 13.5. The fourth-order valence-corrected chi connectivity index (χ4v) is 4.37. The summed E-state index contributed by atoms with van der Waals surface area (Å²) in [4.78, 5) is 51.8. The van der Waals surface area contributed by atoms with Crippen LogP contribution in [0, 0.1) is 0 Å². The summed E-state index contributed by atoms with van der Waals surface area (Å²) in [6.45, 7) is 2.12. The molecule has 2 aromatic carbocycles. The van der Waals surface area contributed by atoms with Crippen LogP contribution in [0.15, 0.2) is 48.5 Å². The largest absolute Gasteiger partial charge is 0.478 e. The number of nitrogens with zero attached hydrogens (tertiary/aromatic N) is 2. The van der Waals surface area contributed by atoms with E-state index in [-0.39, 0.29) is 17.7 Å². The third-order valence-electron chi connectivity index (χ3n) is 5.16. The number of imide groups is 1. The molecule has 0 saturated carbocycles. The van der Waals surface area contributed by atoms with Gasteiger partial charge >= 0.3 is 5.97 Å². The molecule has 1 aliphatic heterocycles. The molecular formula is C23H24N2O5S.